The lowest BCUT2D eigenvalue weighted by molar-refractivity contribution is 0.0958. The highest BCUT2D eigenvalue weighted by Crippen LogP contribution is 2.10. The van der Waals surface area contributed by atoms with E-state index in [1.54, 1.807) is 0 Å². The Morgan fingerprint density at radius 2 is 2.00 bits per heavy atom. The summed E-state index contributed by atoms with van der Waals surface area (Å²) in [6.07, 6.45) is 0. The third-order valence-corrected chi connectivity index (χ3v) is 1.82. The number of hydrogen-bond acceptors (Lipinski definition) is 1. The van der Waals surface area contributed by atoms with E-state index in [0.717, 1.165) is 5.56 Å². The van der Waals surface area contributed by atoms with Gasteiger partial charge < -0.3 is 0 Å². The maximum absolute atomic E-state index is 11.2. The third-order valence-electron chi connectivity index (χ3n) is 1.82. The second kappa shape index (κ2) is 3.39. The van der Waals surface area contributed by atoms with Gasteiger partial charge in [-0.2, -0.15) is 0 Å². The van der Waals surface area contributed by atoms with E-state index >= 15 is 0 Å². The van der Waals surface area contributed by atoms with Crippen LogP contribution in [-0.4, -0.2) is 13.0 Å². The molecule has 0 aliphatic rings. The maximum atomic E-state index is 11.2. The molecule has 0 unspecified atom stereocenters. The van der Waals surface area contributed by atoms with Crippen molar-refractivity contribution in [3.63, 3.8) is 0 Å². The average Bonchev–Trinajstić information content (AvgIpc) is 2.03. The lowest BCUT2D eigenvalue weighted by Crippen LogP contribution is -2.11. The first-order valence-corrected chi connectivity index (χ1v) is 3.86. The van der Waals surface area contributed by atoms with Gasteiger partial charge in [0, 0.05) is 12.6 Å². The zero-order valence-electron chi connectivity index (χ0n) is 7.59. The molecule has 0 heterocycles. The molecule has 1 amide bonds. The molecule has 1 aromatic carbocycles. The predicted octanol–water partition coefficient (Wildman–Crippen LogP) is 1.68. The van der Waals surface area contributed by atoms with E-state index < -0.39 is 0 Å². The maximum Gasteiger partial charge on any atom is 0.272 e. The van der Waals surface area contributed by atoms with Crippen LogP contribution in [0.15, 0.2) is 18.2 Å². The number of amides is 1. The Morgan fingerprint density at radius 3 is 2.50 bits per heavy atom. The van der Waals surface area contributed by atoms with E-state index in [0.29, 0.717) is 5.56 Å². The zero-order valence-corrected chi connectivity index (χ0v) is 7.59. The minimum Gasteiger partial charge on any atom is -0.267 e. The molecule has 0 N–H and O–H groups in total. The molecule has 1 radical (unpaired) electrons. The van der Waals surface area contributed by atoms with Crippen LogP contribution < -0.4 is 5.32 Å². The molecule has 0 bridgehead atoms. The van der Waals surface area contributed by atoms with Gasteiger partial charge in [-0.3, -0.25) is 10.1 Å². The van der Waals surface area contributed by atoms with Crippen LogP contribution in [0.4, 0.5) is 0 Å². The summed E-state index contributed by atoms with van der Waals surface area (Å²) in [6.45, 7) is 3.93. The van der Waals surface area contributed by atoms with Crippen LogP contribution in [0.25, 0.3) is 0 Å². The van der Waals surface area contributed by atoms with Crippen molar-refractivity contribution in [3.8, 4) is 0 Å². The molecule has 0 aliphatic heterocycles. The number of hydrogen-bond donors (Lipinski definition) is 0. The van der Waals surface area contributed by atoms with Crippen molar-refractivity contribution in [2.24, 2.45) is 0 Å². The van der Waals surface area contributed by atoms with Gasteiger partial charge >= 0.3 is 0 Å². The molecule has 2 heteroatoms. The fraction of sp³-hybridized carbons (Fsp3) is 0.300. The first-order chi connectivity index (χ1) is 5.65. The van der Waals surface area contributed by atoms with Gasteiger partial charge in [0.05, 0.1) is 0 Å². The first kappa shape index (κ1) is 8.78. The van der Waals surface area contributed by atoms with Crippen LogP contribution in [-0.2, 0) is 0 Å². The Morgan fingerprint density at radius 1 is 1.33 bits per heavy atom. The number of benzene rings is 1. The number of rotatable bonds is 1. The second-order valence-electron chi connectivity index (χ2n) is 2.85. The van der Waals surface area contributed by atoms with Gasteiger partial charge in [0.1, 0.15) is 0 Å². The fourth-order valence-corrected chi connectivity index (χ4v) is 1.17. The van der Waals surface area contributed by atoms with Gasteiger partial charge in [0.2, 0.25) is 0 Å². The zero-order chi connectivity index (χ0) is 9.14. The summed E-state index contributed by atoms with van der Waals surface area (Å²) < 4.78 is 0. The first-order valence-electron chi connectivity index (χ1n) is 3.86. The highest BCUT2D eigenvalue weighted by atomic mass is 16.1. The molecule has 0 aliphatic carbocycles. The minimum absolute atomic E-state index is 0.146. The van der Waals surface area contributed by atoms with E-state index in [1.165, 1.54) is 12.6 Å². The van der Waals surface area contributed by atoms with Gasteiger partial charge in [0.25, 0.3) is 5.91 Å². The van der Waals surface area contributed by atoms with Crippen LogP contribution >= 0.6 is 0 Å². The Labute approximate surface area is 72.6 Å². The van der Waals surface area contributed by atoms with Crippen LogP contribution in [0.3, 0.4) is 0 Å². The normalized spacial score (nSPS) is 9.58. The van der Waals surface area contributed by atoms with Crippen LogP contribution in [0, 0.1) is 13.8 Å². The van der Waals surface area contributed by atoms with Crippen molar-refractivity contribution < 1.29 is 4.79 Å². The summed E-state index contributed by atoms with van der Waals surface area (Å²) in [5.74, 6) is -0.146. The van der Waals surface area contributed by atoms with Gasteiger partial charge in [-0.05, 0) is 25.5 Å². The largest absolute Gasteiger partial charge is 0.272 e. The predicted molar refractivity (Wildman–Crippen MR) is 48.3 cm³/mol. The highest BCUT2D eigenvalue weighted by Gasteiger charge is 2.06. The van der Waals surface area contributed by atoms with E-state index in [-0.39, 0.29) is 5.91 Å². The molecule has 63 valence electrons. The summed E-state index contributed by atoms with van der Waals surface area (Å²) in [7, 11) is 1.52. The lowest BCUT2D eigenvalue weighted by atomic mass is 10.1. The summed E-state index contributed by atoms with van der Waals surface area (Å²) in [4.78, 5) is 11.2. The van der Waals surface area contributed by atoms with Crippen LogP contribution in [0.5, 0.6) is 0 Å². The summed E-state index contributed by atoms with van der Waals surface area (Å²) in [6, 6.07) is 5.73. The lowest BCUT2D eigenvalue weighted by Gasteiger charge is -2.02. The molecular formula is C10H12NO. The van der Waals surface area contributed by atoms with Crippen molar-refractivity contribution in [1.82, 2.24) is 5.32 Å². The number of carbonyl (C=O) groups excluding carboxylic acids is 1. The monoisotopic (exact) mass is 162 g/mol. The summed E-state index contributed by atoms with van der Waals surface area (Å²) in [5, 5.41) is 3.61. The molecule has 12 heavy (non-hydrogen) atoms. The smallest absolute Gasteiger partial charge is 0.267 e. The van der Waals surface area contributed by atoms with E-state index in [4.69, 9.17) is 0 Å². The topological polar surface area (TPSA) is 31.2 Å². The average molecular weight is 162 g/mol. The van der Waals surface area contributed by atoms with Crippen molar-refractivity contribution in [2.45, 2.75) is 13.8 Å². The number of nitrogens with zero attached hydrogens (tertiary/aromatic N) is 1. The number of carbonyl (C=O) groups is 1. The van der Waals surface area contributed by atoms with Gasteiger partial charge in [-0.25, -0.2) is 0 Å². The standard InChI is InChI=1S/C10H12NO/c1-7-4-5-9(8(2)6-7)10(12)11-3/h4-6H,1-3H3. The summed E-state index contributed by atoms with van der Waals surface area (Å²) >= 11 is 0. The quantitative estimate of drug-likeness (QED) is 0.618. The second-order valence-corrected chi connectivity index (χ2v) is 2.85. The third kappa shape index (κ3) is 1.64. The molecule has 0 fully saturated rings. The molecule has 1 rings (SSSR count). The molecular weight excluding hydrogens is 150 g/mol. The molecule has 2 nitrogen and oxygen atoms in total. The molecule has 0 atom stereocenters. The molecule has 0 aromatic heterocycles. The fourth-order valence-electron chi connectivity index (χ4n) is 1.17. The van der Waals surface area contributed by atoms with Gasteiger partial charge in [-0.15, -0.1) is 0 Å². The molecule has 1 aromatic rings. The van der Waals surface area contributed by atoms with Crippen molar-refractivity contribution in [3.05, 3.63) is 34.9 Å². The van der Waals surface area contributed by atoms with Crippen molar-refractivity contribution >= 4 is 5.91 Å². The van der Waals surface area contributed by atoms with E-state index in [9.17, 15) is 4.79 Å². The SMILES string of the molecule is C[N]C(=O)c1ccc(C)cc1C. The molecule has 0 saturated carbocycles. The Bertz CT molecular complexity index is 305. The van der Waals surface area contributed by atoms with Crippen LogP contribution in [0.1, 0.15) is 21.5 Å². The molecule has 0 spiro atoms. The Kier molecular flexibility index (Phi) is 2.48. The van der Waals surface area contributed by atoms with Crippen LogP contribution in [0.2, 0.25) is 0 Å². The summed E-state index contributed by atoms with van der Waals surface area (Å²) in [5.41, 5.74) is 2.86. The van der Waals surface area contributed by atoms with Gasteiger partial charge in [-0.1, -0.05) is 17.7 Å². The Hall–Kier alpha value is -1.31. The number of aryl methyl sites for hydroxylation is 2. The molecule has 0 saturated heterocycles. The van der Waals surface area contributed by atoms with Crippen molar-refractivity contribution in [1.29, 1.82) is 0 Å². The minimum atomic E-state index is -0.146. The van der Waals surface area contributed by atoms with Gasteiger partial charge in [0.15, 0.2) is 0 Å². The Balaban J connectivity index is 3.09. The van der Waals surface area contributed by atoms with E-state index in [2.05, 4.69) is 5.32 Å². The van der Waals surface area contributed by atoms with E-state index in [1.807, 2.05) is 32.0 Å². The highest BCUT2D eigenvalue weighted by molar-refractivity contribution is 5.95. The van der Waals surface area contributed by atoms with Crippen molar-refractivity contribution in [2.75, 3.05) is 7.05 Å².